The van der Waals surface area contributed by atoms with Gasteiger partial charge in [-0.05, 0) is 30.6 Å². The first-order chi connectivity index (χ1) is 10.5. The second kappa shape index (κ2) is 9.69. The number of hydrogen-bond donors (Lipinski definition) is 2. The fourth-order valence-electron chi connectivity index (χ4n) is 3.55. The number of nitrogens with zero attached hydrogens (tertiary/aromatic N) is 2. The summed E-state index contributed by atoms with van der Waals surface area (Å²) in [5.74, 6) is 1.77. The van der Waals surface area contributed by atoms with Gasteiger partial charge >= 0.3 is 0 Å². The van der Waals surface area contributed by atoms with Gasteiger partial charge < -0.3 is 15.5 Å². The van der Waals surface area contributed by atoms with Gasteiger partial charge in [0.1, 0.15) is 0 Å². The van der Waals surface area contributed by atoms with E-state index in [1.807, 2.05) is 7.05 Å². The predicted octanol–water partition coefficient (Wildman–Crippen LogP) is 2.61. The number of halogens is 1. The number of guanidine groups is 1. The molecule has 2 aliphatic rings. The van der Waals surface area contributed by atoms with Crippen LogP contribution in [-0.4, -0.2) is 50.0 Å². The molecule has 0 aromatic heterocycles. The molecule has 6 heteroatoms. The Balaban J connectivity index is 0.00000264. The van der Waals surface area contributed by atoms with Crippen molar-refractivity contribution in [2.24, 2.45) is 16.3 Å². The van der Waals surface area contributed by atoms with Gasteiger partial charge in [0.05, 0.1) is 0 Å². The topological polar surface area (TPSA) is 56.7 Å². The molecule has 0 aromatic carbocycles. The summed E-state index contributed by atoms with van der Waals surface area (Å²) in [6.45, 7) is 8.09. The van der Waals surface area contributed by atoms with Crippen molar-refractivity contribution >= 4 is 35.8 Å². The van der Waals surface area contributed by atoms with Crippen molar-refractivity contribution in [3.05, 3.63) is 0 Å². The second-order valence-corrected chi connectivity index (χ2v) is 7.51. The van der Waals surface area contributed by atoms with E-state index in [0.717, 1.165) is 25.6 Å². The SMILES string of the molecule is CN=C(NCCNC(=O)CC1CCCC1)N1CCC(C)(C)C1.I. The zero-order chi connectivity index (χ0) is 16.0. The number of nitrogens with one attached hydrogen (secondary N) is 2. The van der Waals surface area contributed by atoms with Crippen molar-refractivity contribution in [2.45, 2.75) is 52.4 Å². The Hall–Kier alpha value is -0.530. The van der Waals surface area contributed by atoms with Crippen LogP contribution < -0.4 is 10.6 Å². The summed E-state index contributed by atoms with van der Waals surface area (Å²) in [7, 11) is 1.83. The molecule has 2 N–H and O–H groups in total. The first-order valence-corrected chi connectivity index (χ1v) is 8.72. The van der Waals surface area contributed by atoms with E-state index in [2.05, 4.69) is 34.4 Å². The third-order valence-electron chi connectivity index (χ3n) is 4.87. The normalized spacial score (nSPS) is 21.2. The molecular formula is C17H33IN4O. The lowest BCUT2D eigenvalue weighted by Crippen LogP contribution is -2.43. The zero-order valence-electron chi connectivity index (χ0n) is 14.9. The van der Waals surface area contributed by atoms with Crippen LogP contribution in [0.1, 0.15) is 52.4 Å². The van der Waals surface area contributed by atoms with Crippen LogP contribution in [0.5, 0.6) is 0 Å². The predicted molar refractivity (Wildman–Crippen MR) is 106 cm³/mol. The minimum Gasteiger partial charge on any atom is -0.354 e. The molecular weight excluding hydrogens is 403 g/mol. The highest BCUT2D eigenvalue weighted by Crippen LogP contribution is 2.28. The van der Waals surface area contributed by atoms with E-state index in [4.69, 9.17) is 0 Å². The van der Waals surface area contributed by atoms with E-state index in [1.165, 1.54) is 32.1 Å². The highest BCUT2D eigenvalue weighted by Gasteiger charge is 2.30. The summed E-state index contributed by atoms with van der Waals surface area (Å²) < 4.78 is 0. The summed E-state index contributed by atoms with van der Waals surface area (Å²) in [4.78, 5) is 18.5. The number of amides is 1. The Morgan fingerprint density at radius 1 is 1.22 bits per heavy atom. The molecule has 1 aliphatic heterocycles. The molecule has 1 amide bonds. The number of carbonyl (C=O) groups excluding carboxylic acids is 1. The van der Waals surface area contributed by atoms with E-state index in [0.29, 0.717) is 24.3 Å². The van der Waals surface area contributed by atoms with Crippen molar-refractivity contribution < 1.29 is 4.79 Å². The van der Waals surface area contributed by atoms with Crippen LogP contribution in [0, 0.1) is 11.3 Å². The number of likely N-dealkylation sites (tertiary alicyclic amines) is 1. The highest BCUT2D eigenvalue weighted by atomic mass is 127. The van der Waals surface area contributed by atoms with Crippen molar-refractivity contribution in [1.29, 1.82) is 0 Å². The van der Waals surface area contributed by atoms with E-state index < -0.39 is 0 Å². The number of rotatable bonds is 5. The van der Waals surface area contributed by atoms with E-state index >= 15 is 0 Å². The monoisotopic (exact) mass is 436 g/mol. The molecule has 0 bridgehead atoms. The first-order valence-electron chi connectivity index (χ1n) is 8.72. The van der Waals surface area contributed by atoms with Crippen molar-refractivity contribution in [3.8, 4) is 0 Å². The van der Waals surface area contributed by atoms with Gasteiger partial charge in [0, 0.05) is 39.6 Å². The van der Waals surface area contributed by atoms with Crippen LogP contribution in [0.2, 0.25) is 0 Å². The molecule has 5 nitrogen and oxygen atoms in total. The zero-order valence-corrected chi connectivity index (χ0v) is 17.2. The van der Waals surface area contributed by atoms with Gasteiger partial charge in [-0.2, -0.15) is 0 Å². The smallest absolute Gasteiger partial charge is 0.220 e. The van der Waals surface area contributed by atoms with Crippen LogP contribution in [0.25, 0.3) is 0 Å². The average molecular weight is 436 g/mol. The maximum absolute atomic E-state index is 11.9. The Morgan fingerprint density at radius 3 is 2.43 bits per heavy atom. The lowest BCUT2D eigenvalue weighted by molar-refractivity contribution is -0.121. The van der Waals surface area contributed by atoms with E-state index in [-0.39, 0.29) is 29.9 Å². The molecule has 0 unspecified atom stereocenters. The number of hydrogen-bond acceptors (Lipinski definition) is 2. The van der Waals surface area contributed by atoms with Crippen molar-refractivity contribution in [2.75, 3.05) is 33.2 Å². The third-order valence-corrected chi connectivity index (χ3v) is 4.87. The second-order valence-electron chi connectivity index (χ2n) is 7.51. The van der Waals surface area contributed by atoms with Gasteiger partial charge in [-0.3, -0.25) is 9.79 Å². The highest BCUT2D eigenvalue weighted by molar-refractivity contribution is 14.0. The van der Waals surface area contributed by atoms with Gasteiger partial charge in [0.2, 0.25) is 5.91 Å². The van der Waals surface area contributed by atoms with Gasteiger partial charge in [-0.1, -0.05) is 26.7 Å². The van der Waals surface area contributed by atoms with Crippen LogP contribution >= 0.6 is 24.0 Å². The third kappa shape index (κ3) is 6.85. The largest absolute Gasteiger partial charge is 0.354 e. The minimum atomic E-state index is 0. The quantitative estimate of drug-likeness (QED) is 0.302. The average Bonchev–Trinajstić information content (AvgIpc) is 3.08. The first kappa shape index (κ1) is 20.5. The maximum Gasteiger partial charge on any atom is 0.220 e. The molecule has 1 saturated carbocycles. The Labute approximate surface area is 158 Å². The molecule has 1 aliphatic carbocycles. The van der Waals surface area contributed by atoms with Crippen molar-refractivity contribution in [1.82, 2.24) is 15.5 Å². The fraction of sp³-hybridized carbons (Fsp3) is 0.882. The fourth-order valence-corrected chi connectivity index (χ4v) is 3.55. The number of carbonyl (C=O) groups is 1. The van der Waals surface area contributed by atoms with Gasteiger partial charge in [0.15, 0.2) is 5.96 Å². The lowest BCUT2D eigenvalue weighted by Gasteiger charge is -2.23. The minimum absolute atomic E-state index is 0. The Bertz CT molecular complexity index is 405. The summed E-state index contributed by atoms with van der Waals surface area (Å²) in [6, 6.07) is 0. The molecule has 0 radical (unpaired) electrons. The summed E-state index contributed by atoms with van der Waals surface area (Å²) in [5.41, 5.74) is 0.368. The Kier molecular flexibility index (Phi) is 8.64. The molecule has 1 heterocycles. The molecule has 1 saturated heterocycles. The van der Waals surface area contributed by atoms with Gasteiger partial charge in [-0.25, -0.2) is 0 Å². The van der Waals surface area contributed by atoms with Gasteiger partial charge in [-0.15, -0.1) is 24.0 Å². The lowest BCUT2D eigenvalue weighted by atomic mass is 9.93. The van der Waals surface area contributed by atoms with Crippen LogP contribution in [0.15, 0.2) is 4.99 Å². The van der Waals surface area contributed by atoms with Crippen molar-refractivity contribution in [3.63, 3.8) is 0 Å². The number of aliphatic imine (C=N–C) groups is 1. The van der Waals surface area contributed by atoms with E-state index in [9.17, 15) is 4.79 Å². The molecule has 0 atom stereocenters. The standard InChI is InChI=1S/C17H32N4O.HI/c1-17(2)8-11-21(13-17)16(18-3)20-10-9-19-15(22)12-14-6-4-5-7-14;/h14H,4-13H2,1-3H3,(H,18,20)(H,19,22);1H. The molecule has 2 rings (SSSR count). The summed E-state index contributed by atoms with van der Waals surface area (Å²) in [5, 5.41) is 6.38. The van der Waals surface area contributed by atoms with Gasteiger partial charge in [0.25, 0.3) is 0 Å². The van der Waals surface area contributed by atoms with Crippen LogP contribution in [0.4, 0.5) is 0 Å². The molecule has 2 fully saturated rings. The molecule has 0 aromatic rings. The maximum atomic E-state index is 11.9. The van der Waals surface area contributed by atoms with Crippen LogP contribution in [0.3, 0.4) is 0 Å². The Morgan fingerprint density at radius 2 is 1.87 bits per heavy atom. The summed E-state index contributed by atoms with van der Waals surface area (Å²) >= 11 is 0. The van der Waals surface area contributed by atoms with Crippen LogP contribution in [-0.2, 0) is 4.79 Å². The summed E-state index contributed by atoms with van der Waals surface area (Å²) in [6.07, 6.45) is 6.94. The molecule has 134 valence electrons. The molecule has 0 spiro atoms. The van der Waals surface area contributed by atoms with E-state index in [1.54, 1.807) is 0 Å². The molecule has 23 heavy (non-hydrogen) atoms.